The van der Waals surface area contributed by atoms with E-state index in [1.165, 1.54) is 11.1 Å². The number of Topliss-reactive ketones (excluding diaryl/α,β-unsaturated/α-hetero) is 1. The number of hydrogen-bond donors (Lipinski definition) is 0. The maximum atomic E-state index is 14.6. The summed E-state index contributed by atoms with van der Waals surface area (Å²) in [4.78, 5) is 29.9. The lowest BCUT2D eigenvalue weighted by Gasteiger charge is -2.46. The van der Waals surface area contributed by atoms with Crippen LogP contribution in [0.3, 0.4) is 0 Å². The molecule has 270 valence electrons. The van der Waals surface area contributed by atoms with Crippen LogP contribution in [-0.4, -0.2) is 67.4 Å². The first-order valence-corrected chi connectivity index (χ1v) is 20.3. The first-order valence-electron chi connectivity index (χ1n) is 18.0. The van der Waals surface area contributed by atoms with Gasteiger partial charge in [-0.15, -0.1) is 0 Å². The van der Waals surface area contributed by atoms with E-state index in [1.807, 2.05) is 25.1 Å². The van der Waals surface area contributed by atoms with E-state index < -0.39 is 15.6 Å². The van der Waals surface area contributed by atoms with Crippen molar-refractivity contribution < 1.29 is 28.0 Å². The molecule has 3 aromatic carbocycles. The number of nitrogens with zero attached hydrogens (tertiary/aromatic N) is 2. The Morgan fingerprint density at radius 2 is 1.92 bits per heavy atom. The fourth-order valence-corrected chi connectivity index (χ4v) is 11.0. The second-order valence-electron chi connectivity index (χ2n) is 14.9. The molecule has 0 saturated heterocycles. The Labute approximate surface area is 306 Å². The Bertz CT molecular complexity index is 1950. The minimum atomic E-state index is -3.28. The van der Waals surface area contributed by atoms with E-state index in [0.29, 0.717) is 47.5 Å². The number of anilines is 1. The Balaban J connectivity index is 1.29. The third-order valence-electron chi connectivity index (χ3n) is 11.3. The molecule has 2 aliphatic carbocycles. The number of carbonyl (C=O) groups is 2. The third kappa shape index (κ3) is 7.48. The van der Waals surface area contributed by atoms with Crippen LogP contribution in [-0.2, 0) is 26.3 Å². The number of benzene rings is 3. The molecule has 6 atom stereocenters. The molecule has 51 heavy (non-hydrogen) atoms. The minimum absolute atomic E-state index is 0.0448. The van der Waals surface area contributed by atoms with Crippen LogP contribution in [0, 0.1) is 17.8 Å². The van der Waals surface area contributed by atoms with Crippen LogP contribution < -0.4 is 14.4 Å². The molecule has 2 bridgehead atoms. The first-order chi connectivity index (χ1) is 24.6. The number of ether oxygens (including phenoxy) is 3. The summed E-state index contributed by atoms with van der Waals surface area (Å²) in [6.45, 7) is 4.02. The summed E-state index contributed by atoms with van der Waals surface area (Å²) >= 11 is 6.46. The van der Waals surface area contributed by atoms with Gasteiger partial charge in [-0.2, -0.15) is 4.36 Å². The predicted octanol–water partition coefficient (Wildman–Crippen LogP) is 7.95. The summed E-state index contributed by atoms with van der Waals surface area (Å²) in [7, 11) is 0.0491. The quantitative estimate of drug-likeness (QED) is 0.194. The van der Waals surface area contributed by atoms with Gasteiger partial charge in [-0.05, 0) is 122 Å². The van der Waals surface area contributed by atoms with Gasteiger partial charge >= 0.3 is 0 Å². The molecule has 1 saturated carbocycles. The number of methoxy groups -OCH3 is 2. The maximum Gasteiger partial charge on any atom is 0.285 e. The molecule has 8 nitrogen and oxygen atoms in total. The molecule has 0 unspecified atom stereocenters. The number of carbonyl (C=O) groups excluding carboxylic acids is 2. The largest absolute Gasteiger partial charge is 0.497 e. The topological polar surface area (TPSA) is 94.5 Å². The highest BCUT2D eigenvalue weighted by molar-refractivity contribution is 7.94. The number of amides is 1. The highest BCUT2D eigenvalue weighted by Crippen LogP contribution is 2.47. The number of hydrogen-bond acceptors (Lipinski definition) is 7. The molecular formula is C41H47ClN2O6S. The van der Waals surface area contributed by atoms with Crippen molar-refractivity contribution in [2.24, 2.45) is 22.1 Å². The van der Waals surface area contributed by atoms with Crippen LogP contribution in [0.25, 0.3) is 0 Å². The standard InChI is InChI=1S/C41H47ClN2O6S/c1-27-6-4-8-38(49-3)34-16-11-31(34)22-44-25-41(19-5-7-29-20-32(42)13-17-35(29)41)26-50-39-18-12-30(21-36(39)44)40(46)43-51(47,23-27)24-37(45)28-9-14-33(48-2)15-10-28/h4,8-10,12-15,17-18,20-21,27,31,34,38H,5-7,11,16,19,22-26H2,1-3H3/b8-4+/t27-,31-,34+,38-,41-,51+/m0/s1. The molecular weight excluding hydrogens is 684 g/mol. The van der Waals surface area contributed by atoms with Gasteiger partial charge in [0.1, 0.15) is 11.5 Å². The van der Waals surface area contributed by atoms with Gasteiger partial charge in [-0.25, -0.2) is 4.21 Å². The second-order valence-corrected chi connectivity index (χ2v) is 17.7. The smallest absolute Gasteiger partial charge is 0.285 e. The molecule has 4 aliphatic rings. The van der Waals surface area contributed by atoms with Crippen molar-refractivity contribution in [2.75, 3.05) is 50.3 Å². The summed E-state index contributed by atoms with van der Waals surface area (Å²) in [6, 6.07) is 18.4. The van der Waals surface area contributed by atoms with Gasteiger partial charge in [0.15, 0.2) is 5.78 Å². The zero-order valence-corrected chi connectivity index (χ0v) is 31.2. The van der Waals surface area contributed by atoms with Crippen LogP contribution in [0.4, 0.5) is 5.69 Å². The van der Waals surface area contributed by atoms with Crippen LogP contribution in [0.5, 0.6) is 11.5 Å². The van der Waals surface area contributed by atoms with E-state index in [-0.39, 0.29) is 34.7 Å². The summed E-state index contributed by atoms with van der Waals surface area (Å²) in [5.41, 5.74) is 3.87. The van der Waals surface area contributed by atoms with E-state index in [1.54, 1.807) is 44.6 Å². The van der Waals surface area contributed by atoms with Gasteiger partial charge in [0, 0.05) is 47.5 Å². The summed E-state index contributed by atoms with van der Waals surface area (Å²) in [5, 5.41) is 0.744. The Kier molecular flexibility index (Phi) is 10.3. The van der Waals surface area contributed by atoms with E-state index in [2.05, 4.69) is 33.5 Å². The summed E-state index contributed by atoms with van der Waals surface area (Å²) in [6.07, 6.45) is 10.0. The fraction of sp³-hybridized carbons (Fsp3) is 0.463. The van der Waals surface area contributed by atoms with Gasteiger partial charge in [-0.1, -0.05) is 36.7 Å². The summed E-state index contributed by atoms with van der Waals surface area (Å²) < 4.78 is 37.0. The van der Waals surface area contributed by atoms with Crippen LogP contribution in [0.2, 0.25) is 5.02 Å². The average molecular weight is 731 g/mol. The number of fused-ring (bicyclic) bond motifs is 4. The lowest BCUT2D eigenvalue weighted by molar-refractivity contribution is 0.0131. The van der Waals surface area contributed by atoms with Crippen molar-refractivity contribution in [3.8, 4) is 11.5 Å². The monoisotopic (exact) mass is 730 g/mol. The number of allylic oxidation sites excluding steroid dienone is 1. The lowest BCUT2D eigenvalue weighted by atomic mass is 9.68. The Hall–Kier alpha value is -3.66. The average Bonchev–Trinajstić information content (AvgIpc) is 3.25. The molecule has 0 radical (unpaired) electrons. The first kappa shape index (κ1) is 35.7. The highest BCUT2D eigenvalue weighted by atomic mass is 35.5. The van der Waals surface area contributed by atoms with Gasteiger partial charge in [0.25, 0.3) is 5.91 Å². The second kappa shape index (κ2) is 14.8. The van der Waals surface area contributed by atoms with Crippen molar-refractivity contribution in [1.82, 2.24) is 0 Å². The van der Waals surface area contributed by atoms with Crippen LogP contribution >= 0.6 is 11.6 Å². The lowest BCUT2D eigenvalue weighted by Crippen LogP contribution is -2.49. The van der Waals surface area contributed by atoms with Crippen molar-refractivity contribution in [3.05, 3.63) is 100 Å². The zero-order chi connectivity index (χ0) is 35.8. The Morgan fingerprint density at radius 3 is 2.67 bits per heavy atom. The van der Waals surface area contributed by atoms with Crippen LogP contribution in [0.15, 0.2) is 77.2 Å². The fourth-order valence-electron chi connectivity index (χ4n) is 8.54. The van der Waals surface area contributed by atoms with Crippen molar-refractivity contribution in [3.63, 3.8) is 0 Å². The zero-order valence-electron chi connectivity index (χ0n) is 29.6. The molecule has 10 heteroatoms. The molecule has 1 amide bonds. The SMILES string of the molecule is COc1ccc(C(=O)C[S@@]2(=O)=NC(=O)c3ccc4c(c3)N(C[C@@H]3CC[C@H]3[C@@H](OC)/C=C/C[C@H](C)C2)C[C@@]2(CCCc3cc(Cl)ccc32)CO4)cc1. The Morgan fingerprint density at radius 1 is 1.10 bits per heavy atom. The van der Waals surface area contributed by atoms with E-state index in [9.17, 15) is 13.8 Å². The highest BCUT2D eigenvalue weighted by Gasteiger charge is 2.44. The normalized spacial score (nSPS) is 29.7. The van der Waals surface area contributed by atoms with E-state index in [4.69, 9.17) is 25.8 Å². The maximum absolute atomic E-state index is 14.6. The number of rotatable bonds is 5. The van der Waals surface area contributed by atoms with Gasteiger partial charge in [0.05, 0.1) is 41.0 Å². The minimum Gasteiger partial charge on any atom is -0.497 e. The van der Waals surface area contributed by atoms with Gasteiger partial charge in [0.2, 0.25) is 0 Å². The number of aryl methyl sites for hydroxylation is 1. The van der Waals surface area contributed by atoms with Crippen LogP contribution in [0.1, 0.15) is 70.9 Å². The van der Waals surface area contributed by atoms with Gasteiger partial charge < -0.3 is 19.1 Å². The molecule has 2 heterocycles. The molecule has 2 aliphatic heterocycles. The third-order valence-corrected chi connectivity index (χ3v) is 13.9. The van der Waals surface area contributed by atoms with E-state index in [0.717, 1.165) is 55.9 Å². The number of halogens is 1. The molecule has 0 N–H and O–H groups in total. The predicted molar refractivity (Wildman–Crippen MR) is 202 cm³/mol. The van der Waals surface area contributed by atoms with Gasteiger partial charge in [-0.3, -0.25) is 9.59 Å². The van der Waals surface area contributed by atoms with Crippen molar-refractivity contribution in [1.29, 1.82) is 0 Å². The molecule has 3 aromatic rings. The van der Waals surface area contributed by atoms with E-state index >= 15 is 0 Å². The number of ketones is 1. The molecule has 7 rings (SSSR count). The summed E-state index contributed by atoms with van der Waals surface area (Å²) in [5.74, 6) is 0.842. The van der Waals surface area contributed by atoms with Crippen molar-refractivity contribution >= 4 is 38.7 Å². The van der Waals surface area contributed by atoms with Crippen molar-refractivity contribution in [2.45, 2.75) is 57.0 Å². The molecule has 1 fully saturated rings. The molecule has 0 aromatic heterocycles. The molecule has 1 spiro atoms.